The van der Waals surface area contributed by atoms with Gasteiger partial charge >= 0.3 is 6.09 Å². The average Bonchev–Trinajstić information content (AvgIpc) is 3.45. The summed E-state index contributed by atoms with van der Waals surface area (Å²) in [7, 11) is 0. The van der Waals surface area contributed by atoms with Crippen molar-refractivity contribution in [1.29, 1.82) is 0 Å². The van der Waals surface area contributed by atoms with Gasteiger partial charge in [-0.05, 0) is 42.9 Å². The Morgan fingerprint density at radius 3 is 2.65 bits per heavy atom. The molecule has 10 heteroatoms. The Morgan fingerprint density at radius 1 is 1.26 bits per heavy atom. The SMILES string of the molecule is O=C(N[C@@H](CC1CC1)C(=O)N[C@@H](C[C@@H]1CCNC1=O)[C@@H](O)S)OCc1cccc(F)c1. The van der Waals surface area contributed by atoms with Crippen LogP contribution in [0.3, 0.4) is 0 Å². The second-order valence-electron chi connectivity index (χ2n) is 8.12. The Hall–Kier alpha value is -2.33. The van der Waals surface area contributed by atoms with Crippen LogP contribution in [0.2, 0.25) is 0 Å². The lowest BCUT2D eigenvalue weighted by atomic mass is 9.98. The van der Waals surface area contributed by atoms with Crippen molar-refractivity contribution in [2.75, 3.05) is 6.54 Å². The van der Waals surface area contributed by atoms with Crippen LogP contribution in [0.15, 0.2) is 24.3 Å². The lowest BCUT2D eigenvalue weighted by Gasteiger charge is -2.26. The van der Waals surface area contributed by atoms with Gasteiger partial charge < -0.3 is 25.8 Å². The molecule has 0 unspecified atom stereocenters. The molecule has 1 aliphatic carbocycles. The highest BCUT2D eigenvalue weighted by Gasteiger charge is 2.34. The van der Waals surface area contributed by atoms with E-state index in [2.05, 4.69) is 28.6 Å². The van der Waals surface area contributed by atoms with Crippen molar-refractivity contribution in [2.24, 2.45) is 11.8 Å². The van der Waals surface area contributed by atoms with Gasteiger partial charge in [-0.25, -0.2) is 9.18 Å². The molecule has 0 bridgehead atoms. The highest BCUT2D eigenvalue weighted by Crippen LogP contribution is 2.33. The highest BCUT2D eigenvalue weighted by molar-refractivity contribution is 7.80. The van der Waals surface area contributed by atoms with Crippen LogP contribution >= 0.6 is 12.6 Å². The predicted molar refractivity (Wildman–Crippen MR) is 114 cm³/mol. The molecule has 170 valence electrons. The zero-order valence-corrected chi connectivity index (χ0v) is 17.9. The fourth-order valence-corrected chi connectivity index (χ4v) is 3.79. The molecule has 1 aromatic rings. The number of nitrogens with one attached hydrogen (secondary N) is 3. The first-order chi connectivity index (χ1) is 14.8. The molecule has 0 spiro atoms. The zero-order valence-electron chi connectivity index (χ0n) is 17.1. The maximum Gasteiger partial charge on any atom is 0.408 e. The van der Waals surface area contributed by atoms with Gasteiger partial charge in [0.2, 0.25) is 11.8 Å². The van der Waals surface area contributed by atoms with Crippen molar-refractivity contribution in [2.45, 2.75) is 56.2 Å². The Bertz CT molecular complexity index is 805. The summed E-state index contributed by atoms with van der Waals surface area (Å²) in [5.41, 5.74) is -0.662. The van der Waals surface area contributed by atoms with Gasteiger partial charge in [-0.3, -0.25) is 9.59 Å². The van der Waals surface area contributed by atoms with E-state index in [0.717, 1.165) is 12.8 Å². The van der Waals surface area contributed by atoms with Crippen LogP contribution in [-0.2, 0) is 20.9 Å². The first kappa shape index (κ1) is 23.3. The highest BCUT2D eigenvalue weighted by atomic mass is 32.1. The summed E-state index contributed by atoms with van der Waals surface area (Å²) in [5, 5.41) is 18.0. The standard InChI is InChI=1S/C21H28FN3O5S/c22-15-3-1-2-13(8-15)11-30-21(29)25-16(9-12-4-5-12)19(27)24-17(20(28)31)10-14-6-7-23-18(14)26/h1-3,8,12,14,16-17,20,28,31H,4-7,9-11H2,(H,23,26)(H,24,27)(H,25,29)/t14-,16-,17-,20-/m0/s1. The number of hydrogen-bond acceptors (Lipinski definition) is 6. The number of carbonyl (C=O) groups is 3. The Kier molecular flexibility index (Phi) is 8.14. The second kappa shape index (κ2) is 10.8. The first-order valence-electron chi connectivity index (χ1n) is 10.4. The van der Waals surface area contributed by atoms with E-state index in [1.165, 1.54) is 18.2 Å². The van der Waals surface area contributed by atoms with Crippen LogP contribution in [0.25, 0.3) is 0 Å². The number of amides is 3. The van der Waals surface area contributed by atoms with Crippen LogP contribution in [0.5, 0.6) is 0 Å². The minimum absolute atomic E-state index is 0.109. The molecule has 1 saturated carbocycles. The smallest absolute Gasteiger partial charge is 0.408 e. The van der Waals surface area contributed by atoms with Gasteiger partial charge in [0.25, 0.3) is 0 Å². The van der Waals surface area contributed by atoms with Crippen LogP contribution in [0.1, 0.15) is 37.7 Å². The maximum absolute atomic E-state index is 13.3. The van der Waals surface area contributed by atoms with Gasteiger partial charge in [-0.1, -0.05) is 25.0 Å². The van der Waals surface area contributed by atoms with Gasteiger partial charge in [0.05, 0.1) is 6.04 Å². The molecule has 1 saturated heterocycles. The Balaban J connectivity index is 1.55. The van der Waals surface area contributed by atoms with E-state index in [0.29, 0.717) is 30.9 Å². The van der Waals surface area contributed by atoms with Crippen LogP contribution in [0, 0.1) is 17.7 Å². The van der Waals surface area contributed by atoms with Crippen molar-refractivity contribution in [1.82, 2.24) is 16.0 Å². The predicted octanol–water partition coefficient (Wildman–Crippen LogP) is 1.48. The number of ether oxygens (including phenoxy) is 1. The summed E-state index contributed by atoms with van der Waals surface area (Å²) in [4.78, 5) is 36.9. The van der Waals surface area contributed by atoms with Crippen LogP contribution in [0.4, 0.5) is 9.18 Å². The van der Waals surface area contributed by atoms with E-state index >= 15 is 0 Å². The monoisotopic (exact) mass is 453 g/mol. The van der Waals surface area contributed by atoms with Gasteiger partial charge in [0.15, 0.2) is 0 Å². The molecule has 2 fully saturated rings. The van der Waals surface area contributed by atoms with Gasteiger partial charge in [-0.2, -0.15) is 0 Å². The molecule has 31 heavy (non-hydrogen) atoms. The molecule has 1 aromatic carbocycles. The number of rotatable bonds is 10. The molecule has 0 aromatic heterocycles. The number of thiol groups is 1. The third-order valence-electron chi connectivity index (χ3n) is 5.52. The van der Waals surface area contributed by atoms with Crippen LogP contribution in [-0.4, -0.2) is 47.1 Å². The van der Waals surface area contributed by atoms with Crippen molar-refractivity contribution >= 4 is 30.5 Å². The molecule has 3 amide bonds. The third kappa shape index (κ3) is 7.39. The molecule has 0 radical (unpaired) electrons. The van der Waals surface area contributed by atoms with E-state index in [9.17, 15) is 23.9 Å². The molecular formula is C21H28FN3O5S. The number of carbonyl (C=O) groups excluding carboxylic acids is 3. The molecule has 1 heterocycles. The molecule has 4 N–H and O–H groups in total. The van der Waals surface area contributed by atoms with Crippen molar-refractivity contribution in [3.63, 3.8) is 0 Å². The summed E-state index contributed by atoms with van der Waals surface area (Å²) in [6.45, 7) is 0.436. The summed E-state index contributed by atoms with van der Waals surface area (Å²) in [6.07, 6.45) is 2.49. The topological polar surface area (TPSA) is 117 Å². The van der Waals surface area contributed by atoms with Gasteiger partial charge in [-0.15, -0.1) is 12.6 Å². The average molecular weight is 454 g/mol. The normalized spacial score (nSPS) is 21.0. The number of hydrogen-bond donors (Lipinski definition) is 5. The number of aliphatic hydroxyl groups is 1. The van der Waals surface area contributed by atoms with E-state index in [1.54, 1.807) is 6.07 Å². The lowest BCUT2D eigenvalue weighted by molar-refractivity contribution is -0.126. The first-order valence-corrected chi connectivity index (χ1v) is 11.0. The molecule has 3 rings (SSSR count). The van der Waals surface area contributed by atoms with Crippen molar-refractivity contribution < 1.29 is 28.6 Å². The zero-order chi connectivity index (χ0) is 22.4. The molecule has 8 nitrogen and oxygen atoms in total. The minimum atomic E-state index is -1.15. The number of aliphatic hydroxyl groups excluding tert-OH is 1. The number of benzene rings is 1. The summed E-state index contributed by atoms with van der Waals surface area (Å²) in [5.74, 6) is -0.981. The number of halogens is 1. The largest absolute Gasteiger partial charge is 0.445 e. The van der Waals surface area contributed by atoms with Crippen molar-refractivity contribution in [3.8, 4) is 0 Å². The van der Waals surface area contributed by atoms with E-state index < -0.39 is 35.3 Å². The van der Waals surface area contributed by atoms with Gasteiger partial charge in [0, 0.05) is 12.5 Å². The Labute approximate surface area is 185 Å². The van der Waals surface area contributed by atoms with Crippen LogP contribution < -0.4 is 16.0 Å². The molecule has 4 atom stereocenters. The maximum atomic E-state index is 13.3. The number of alkyl carbamates (subject to hydrolysis) is 1. The lowest BCUT2D eigenvalue weighted by Crippen LogP contribution is -2.52. The van der Waals surface area contributed by atoms with Gasteiger partial charge in [0.1, 0.15) is 23.9 Å². The molecular weight excluding hydrogens is 425 g/mol. The second-order valence-corrected chi connectivity index (χ2v) is 8.65. The van der Waals surface area contributed by atoms with E-state index in [-0.39, 0.29) is 24.9 Å². The van der Waals surface area contributed by atoms with E-state index in [1.807, 2.05) is 0 Å². The summed E-state index contributed by atoms with van der Waals surface area (Å²) >= 11 is 4.04. The molecule has 2 aliphatic rings. The fourth-order valence-electron chi connectivity index (χ4n) is 3.59. The molecule has 1 aliphatic heterocycles. The quantitative estimate of drug-likeness (QED) is 0.272. The fraction of sp³-hybridized carbons (Fsp3) is 0.571. The third-order valence-corrected chi connectivity index (χ3v) is 5.88. The Morgan fingerprint density at radius 2 is 2.03 bits per heavy atom. The summed E-state index contributed by atoms with van der Waals surface area (Å²) < 4.78 is 18.4. The van der Waals surface area contributed by atoms with E-state index in [4.69, 9.17) is 4.74 Å². The van der Waals surface area contributed by atoms with Crippen molar-refractivity contribution in [3.05, 3.63) is 35.6 Å². The summed E-state index contributed by atoms with van der Waals surface area (Å²) in [6, 6.07) is 4.11. The minimum Gasteiger partial charge on any atom is -0.445 e.